The van der Waals surface area contributed by atoms with E-state index in [1.165, 1.54) is 0 Å². The quantitative estimate of drug-likeness (QED) is 0.432. The van der Waals surface area contributed by atoms with Crippen LogP contribution in [0.1, 0.15) is 22.2 Å². The van der Waals surface area contributed by atoms with E-state index in [4.69, 9.17) is 0 Å². The van der Waals surface area contributed by atoms with Gasteiger partial charge in [0.1, 0.15) is 0 Å². The van der Waals surface area contributed by atoms with E-state index in [1.807, 2.05) is 13.1 Å². The van der Waals surface area contributed by atoms with E-state index in [0.717, 1.165) is 0 Å². The summed E-state index contributed by atoms with van der Waals surface area (Å²) in [6, 6.07) is 0. The summed E-state index contributed by atoms with van der Waals surface area (Å²) in [5.74, 6) is 0. The van der Waals surface area contributed by atoms with Crippen LogP contribution in [0, 0.1) is 0 Å². The summed E-state index contributed by atoms with van der Waals surface area (Å²) in [6.45, 7) is 10.2. The van der Waals surface area contributed by atoms with Crippen LogP contribution in [0.5, 0.6) is 0 Å². The standard InChI is InChI=1S/C6H16OSi.Li.H/c1-6(2,3)8(4,5)7;;/h7H,1-5H3;;/q;+1;-1. The van der Waals surface area contributed by atoms with Crippen LogP contribution < -0.4 is 18.9 Å². The molecule has 1 nitrogen and oxygen atoms in total. The number of hydrogen-bond acceptors (Lipinski definition) is 1. The molecule has 0 amide bonds. The van der Waals surface area contributed by atoms with Crippen LogP contribution in [0.25, 0.3) is 0 Å². The maximum absolute atomic E-state index is 9.49. The van der Waals surface area contributed by atoms with Gasteiger partial charge in [-0.05, 0) is 18.1 Å². The van der Waals surface area contributed by atoms with E-state index in [9.17, 15) is 4.80 Å². The third-order valence-corrected chi connectivity index (χ3v) is 5.51. The van der Waals surface area contributed by atoms with E-state index in [1.54, 1.807) is 0 Å². The second-order valence-corrected chi connectivity index (χ2v) is 8.43. The van der Waals surface area contributed by atoms with Gasteiger partial charge in [-0.15, -0.1) is 0 Å². The molecule has 0 atom stereocenters. The van der Waals surface area contributed by atoms with Gasteiger partial charge < -0.3 is 6.22 Å². The summed E-state index contributed by atoms with van der Waals surface area (Å²) >= 11 is 0. The van der Waals surface area contributed by atoms with Crippen molar-refractivity contribution in [2.24, 2.45) is 0 Å². The van der Waals surface area contributed by atoms with E-state index < -0.39 is 8.32 Å². The molecule has 0 aromatic rings. The van der Waals surface area contributed by atoms with Gasteiger partial charge in [-0.1, -0.05) is 20.8 Å². The van der Waals surface area contributed by atoms with Crippen LogP contribution in [-0.4, -0.2) is 13.1 Å². The minimum Gasteiger partial charge on any atom is -1.00 e. The van der Waals surface area contributed by atoms with E-state index in [0.29, 0.717) is 0 Å². The van der Waals surface area contributed by atoms with Crippen molar-refractivity contribution in [3.05, 3.63) is 0 Å². The zero-order chi connectivity index (χ0) is 7.00. The molecule has 0 unspecified atom stereocenters. The third kappa shape index (κ3) is 4.21. The fraction of sp³-hybridized carbons (Fsp3) is 1.00. The van der Waals surface area contributed by atoms with Crippen molar-refractivity contribution in [1.29, 1.82) is 0 Å². The van der Waals surface area contributed by atoms with Crippen LogP contribution in [0.15, 0.2) is 0 Å². The molecule has 52 valence electrons. The van der Waals surface area contributed by atoms with Crippen molar-refractivity contribution >= 4 is 8.32 Å². The fourth-order valence-electron chi connectivity index (χ4n) is 0. The Morgan fingerprint density at radius 2 is 1.33 bits per heavy atom. The zero-order valence-electron chi connectivity index (χ0n) is 8.45. The zero-order valence-corrected chi connectivity index (χ0v) is 8.45. The Morgan fingerprint density at radius 1 is 1.22 bits per heavy atom. The summed E-state index contributed by atoms with van der Waals surface area (Å²) in [4.78, 5) is 9.49. The second-order valence-electron chi connectivity index (χ2n) is 3.81. The molecule has 0 aliphatic carbocycles. The summed E-state index contributed by atoms with van der Waals surface area (Å²) in [5, 5.41) is 0.132. The Hall–Kier alpha value is 0.774. The molecule has 0 aromatic carbocycles. The molecule has 0 heterocycles. The molecular formula is C6H17LiOSi. The van der Waals surface area contributed by atoms with Crippen molar-refractivity contribution in [3.63, 3.8) is 0 Å². The first-order chi connectivity index (χ1) is 3.25. The minimum absolute atomic E-state index is 0. The summed E-state index contributed by atoms with van der Waals surface area (Å²) in [7, 11) is -1.86. The van der Waals surface area contributed by atoms with Gasteiger partial charge in [0, 0.05) is 0 Å². The molecular weight excluding hydrogens is 123 g/mol. The molecule has 9 heavy (non-hydrogen) atoms. The van der Waals surface area contributed by atoms with Gasteiger partial charge in [0.15, 0.2) is 8.32 Å². The van der Waals surface area contributed by atoms with E-state index in [2.05, 4.69) is 20.8 Å². The van der Waals surface area contributed by atoms with Crippen molar-refractivity contribution in [2.45, 2.75) is 38.9 Å². The first-order valence-electron chi connectivity index (χ1n) is 2.97. The smallest absolute Gasteiger partial charge is 1.00 e. The largest absolute Gasteiger partial charge is 1.00 e. The third-order valence-electron chi connectivity index (χ3n) is 1.84. The summed E-state index contributed by atoms with van der Waals surface area (Å²) in [5.41, 5.74) is 0. The minimum atomic E-state index is -1.86. The molecule has 3 heteroatoms. The molecule has 1 N–H and O–H groups in total. The molecule has 0 fully saturated rings. The maximum atomic E-state index is 9.49. The van der Waals surface area contributed by atoms with Gasteiger partial charge in [0.25, 0.3) is 0 Å². The van der Waals surface area contributed by atoms with Gasteiger partial charge in [-0.2, -0.15) is 0 Å². The Kier molecular flexibility index (Phi) is 4.50. The molecule has 0 bridgehead atoms. The van der Waals surface area contributed by atoms with Crippen LogP contribution in [0.3, 0.4) is 0 Å². The van der Waals surface area contributed by atoms with Gasteiger partial charge in [0.05, 0.1) is 0 Å². The Morgan fingerprint density at radius 3 is 1.33 bits per heavy atom. The average molecular weight is 140 g/mol. The summed E-state index contributed by atoms with van der Waals surface area (Å²) in [6.07, 6.45) is 0. The molecule has 0 rings (SSSR count). The molecule has 0 radical (unpaired) electrons. The fourth-order valence-corrected chi connectivity index (χ4v) is 0. The van der Waals surface area contributed by atoms with Crippen LogP contribution in [0.4, 0.5) is 0 Å². The van der Waals surface area contributed by atoms with Crippen LogP contribution in [-0.2, 0) is 0 Å². The topological polar surface area (TPSA) is 20.2 Å². The molecule has 0 aromatic heterocycles. The van der Waals surface area contributed by atoms with Crippen LogP contribution >= 0.6 is 0 Å². The Bertz CT molecular complexity index is 72.7. The van der Waals surface area contributed by atoms with Gasteiger partial charge in [-0.3, -0.25) is 0 Å². The SMILES string of the molecule is CC(C)(C)[Si](C)(C)O.[H-].[Li+]. The van der Waals surface area contributed by atoms with Gasteiger partial charge in [-0.25, -0.2) is 0 Å². The normalized spacial score (nSPS) is 12.7. The second kappa shape index (κ2) is 3.25. The molecule has 0 saturated heterocycles. The van der Waals surface area contributed by atoms with Crippen molar-refractivity contribution < 1.29 is 25.1 Å². The van der Waals surface area contributed by atoms with E-state index in [-0.39, 0.29) is 25.3 Å². The molecule has 0 aliphatic heterocycles. The number of hydrogen-bond donors (Lipinski definition) is 1. The molecule has 0 aliphatic rings. The van der Waals surface area contributed by atoms with Crippen molar-refractivity contribution in [2.75, 3.05) is 0 Å². The van der Waals surface area contributed by atoms with Crippen LogP contribution in [0.2, 0.25) is 18.1 Å². The molecule has 0 spiro atoms. The van der Waals surface area contributed by atoms with E-state index >= 15 is 0 Å². The Balaban J connectivity index is -0.000000245. The van der Waals surface area contributed by atoms with Crippen molar-refractivity contribution in [3.8, 4) is 0 Å². The van der Waals surface area contributed by atoms with Gasteiger partial charge >= 0.3 is 18.9 Å². The molecule has 0 saturated carbocycles. The Labute approximate surface area is 72.6 Å². The summed E-state index contributed by atoms with van der Waals surface area (Å²) < 4.78 is 0. The first kappa shape index (κ1) is 12.5. The van der Waals surface area contributed by atoms with Gasteiger partial charge in [0.2, 0.25) is 0 Å². The monoisotopic (exact) mass is 140 g/mol. The number of rotatable bonds is 0. The average Bonchev–Trinajstić information content (AvgIpc) is 1.25. The first-order valence-corrected chi connectivity index (χ1v) is 5.92. The predicted molar refractivity (Wildman–Crippen MR) is 40.5 cm³/mol. The predicted octanol–water partition coefficient (Wildman–Crippen LogP) is -0.900. The van der Waals surface area contributed by atoms with Crippen molar-refractivity contribution in [1.82, 2.24) is 0 Å². The maximum Gasteiger partial charge on any atom is 1.00 e.